The summed E-state index contributed by atoms with van der Waals surface area (Å²) in [6.45, 7) is 5.87. The molecule has 1 saturated heterocycles. The largest absolute Gasteiger partial charge is 0.372 e. The van der Waals surface area contributed by atoms with Gasteiger partial charge >= 0.3 is 0 Å². The van der Waals surface area contributed by atoms with Crippen LogP contribution in [0.3, 0.4) is 0 Å². The van der Waals surface area contributed by atoms with Gasteiger partial charge in [-0.25, -0.2) is 9.37 Å². The lowest BCUT2D eigenvalue weighted by Gasteiger charge is -2.36. The van der Waals surface area contributed by atoms with Crippen LogP contribution in [0.2, 0.25) is 5.02 Å². The maximum atomic E-state index is 14.3. The molecule has 0 unspecified atom stereocenters. The highest BCUT2D eigenvalue weighted by Gasteiger charge is 2.23. The fourth-order valence-corrected chi connectivity index (χ4v) is 4.90. The van der Waals surface area contributed by atoms with Gasteiger partial charge in [0.1, 0.15) is 11.5 Å². The molecule has 0 aliphatic carbocycles. The smallest absolute Gasteiger partial charge is 0.251 e. The monoisotopic (exact) mass is 480 g/mol. The summed E-state index contributed by atoms with van der Waals surface area (Å²) in [6.07, 6.45) is 5.87. The van der Waals surface area contributed by atoms with Crippen molar-refractivity contribution in [1.82, 2.24) is 14.1 Å². The number of fused-ring (bicyclic) bond motifs is 1. The van der Waals surface area contributed by atoms with E-state index in [1.165, 1.54) is 10.6 Å². The molecule has 4 heterocycles. The molecule has 176 valence electrons. The third kappa shape index (κ3) is 4.21. The zero-order valence-corrected chi connectivity index (χ0v) is 20.1. The van der Waals surface area contributed by atoms with Crippen molar-refractivity contribution in [3.8, 4) is 11.1 Å². The second-order valence-corrected chi connectivity index (χ2v) is 9.38. The van der Waals surface area contributed by atoms with Gasteiger partial charge in [0.05, 0.1) is 35.7 Å². The van der Waals surface area contributed by atoms with E-state index >= 15 is 0 Å². The Balaban J connectivity index is 1.50. The molecule has 0 spiro atoms. The van der Waals surface area contributed by atoms with Gasteiger partial charge in [0.25, 0.3) is 5.56 Å². The quantitative estimate of drug-likeness (QED) is 0.419. The first-order valence-corrected chi connectivity index (χ1v) is 11.7. The first-order chi connectivity index (χ1) is 16.3. The predicted molar refractivity (Wildman–Crippen MR) is 133 cm³/mol. The minimum absolute atomic E-state index is 0.0466. The lowest BCUT2D eigenvalue weighted by atomic mass is 10.1. The van der Waals surface area contributed by atoms with Gasteiger partial charge in [-0.1, -0.05) is 23.7 Å². The predicted octanol–water partition coefficient (Wildman–Crippen LogP) is 4.86. The van der Waals surface area contributed by atoms with E-state index < -0.39 is 5.82 Å². The second-order valence-electron chi connectivity index (χ2n) is 8.98. The summed E-state index contributed by atoms with van der Waals surface area (Å²) in [6, 6.07) is 10.4. The third-order valence-electron chi connectivity index (χ3n) is 6.26. The minimum Gasteiger partial charge on any atom is -0.372 e. The van der Waals surface area contributed by atoms with Gasteiger partial charge in [-0.3, -0.25) is 4.79 Å². The lowest BCUT2D eigenvalue weighted by Crippen LogP contribution is -2.45. The number of hydrogen-bond acceptors (Lipinski definition) is 4. The number of benzene rings is 1. The zero-order chi connectivity index (χ0) is 24.0. The molecule has 4 aromatic rings. The summed E-state index contributed by atoms with van der Waals surface area (Å²) >= 11 is 5.89. The molecule has 5 rings (SSSR count). The number of nitrogens with zero attached hydrogens (tertiary/aromatic N) is 4. The number of anilines is 1. The molecule has 1 aliphatic heterocycles. The number of halogens is 2. The van der Waals surface area contributed by atoms with E-state index in [0.29, 0.717) is 5.56 Å². The molecule has 2 atom stereocenters. The average molecular weight is 481 g/mol. The molecule has 0 bridgehead atoms. The molecule has 3 aromatic heterocycles. The highest BCUT2D eigenvalue weighted by atomic mass is 35.5. The summed E-state index contributed by atoms with van der Waals surface area (Å²) in [5, 5.41) is 1.02. The van der Waals surface area contributed by atoms with Crippen molar-refractivity contribution in [2.45, 2.75) is 32.6 Å². The number of pyridine rings is 2. The molecular formula is C26H26ClFN4O2. The van der Waals surface area contributed by atoms with Crippen LogP contribution < -0.4 is 10.5 Å². The first-order valence-electron chi connectivity index (χ1n) is 11.3. The van der Waals surface area contributed by atoms with Gasteiger partial charge in [-0.15, -0.1) is 0 Å². The summed E-state index contributed by atoms with van der Waals surface area (Å²) in [5.74, 6) is -0.500. The van der Waals surface area contributed by atoms with Crippen molar-refractivity contribution in [1.29, 1.82) is 0 Å². The standard InChI is InChI=1S/C26H26ClFN4O2/c1-16-12-32(13-17(2)34-16)20-10-21-22(15-30(3)26(21)29-11-20)18-7-8-31(24(33)9-18)14-19-5-4-6-23(27)25(19)28/h4-11,15-17H,12-14H2,1-3H3/t16-,17-/m1/s1. The summed E-state index contributed by atoms with van der Waals surface area (Å²) in [7, 11) is 1.94. The van der Waals surface area contributed by atoms with E-state index in [1.54, 1.807) is 24.4 Å². The summed E-state index contributed by atoms with van der Waals surface area (Å²) in [4.78, 5) is 19.9. The Labute approximate surface area is 202 Å². The molecule has 1 aromatic carbocycles. The Morgan fingerprint density at radius 1 is 1.18 bits per heavy atom. The van der Waals surface area contributed by atoms with Crippen molar-refractivity contribution in [2.75, 3.05) is 18.0 Å². The van der Waals surface area contributed by atoms with Crippen molar-refractivity contribution in [2.24, 2.45) is 7.05 Å². The maximum Gasteiger partial charge on any atom is 0.251 e. The van der Waals surface area contributed by atoms with Crippen LogP contribution in [-0.2, 0) is 18.3 Å². The lowest BCUT2D eigenvalue weighted by molar-refractivity contribution is -0.00522. The van der Waals surface area contributed by atoms with Crippen LogP contribution in [0, 0.1) is 5.82 Å². The molecule has 34 heavy (non-hydrogen) atoms. The zero-order valence-electron chi connectivity index (χ0n) is 19.3. The van der Waals surface area contributed by atoms with Crippen LogP contribution in [0.4, 0.5) is 10.1 Å². The maximum absolute atomic E-state index is 14.3. The Morgan fingerprint density at radius 2 is 1.94 bits per heavy atom. The highest BCUT2D eigenvalue weighted by Crippen LogP contribution is 2.32. The molecular weight excluding hydrogens is 455 g/mol. The van der Waals surface area contributed by atoms with Gasteiger partial charge in [0.15, 0.2) is 0 Å². The Hall–Kier alpha value is -3.16. The Bertz CT molecular complexity index is 1420. The van der Waals surface area contributed by atoms with Crippen LogP contribution in [0.15, 0.2) is 59.8 Å². The third-order valence-corrected chi connectivity index (χ3v) is 6.56. The van der Waals surface area contributed by atoms with Crippen molar-refractivity contribution in [3.63, 3.8) is 0 Å². The number of morpholine rings is 1. The number of aromatic nitrogens is 3. The van der Waals surface area contributed by atoms with Crippen LogP contribution in [0.1, 0.15) is 19.4 Å². The van der Waals surface area contributed by atoms with Crippen LogP contribution in [-0.4, -0.2) is 39.4 Å². The van der Waals surface area contributed by atoms with Gasteiger partial charge in [0.2, 0.25) is 0 Å². The van der Waals surface area contributed by atoms with E-state index in [2.05, 4.69) is 24.8 Å². The molecule has 6 nitrogen and oxygen atoms in total. The topological polar surface area (TPSA) is 52.3 Å². The van der Waals surface area contributed by atoms with E-state index in [9.17, 15) is 9.18 Å². The van der Waals surface area contributed by atoms with Crippen molar-refractivity contribution < 1.29 is 9.13 Å². The fraction of sp³-hybridized carbons (Fsp3) is 0.308. The van der Waals surface area contributed by atoms with Crippen molar-refractivity contribution >= 4 is 28.3 Å². The summed E-state index contributed by atoms with van der Waals surface area (Å²) in [5.41, 5.74) is 3.76. The van der Waals surface area contributed by atoms with Gasteiger partial charge in [-0.2, -0.15) is 0 Å². The van der Waals surface area contributed by atoms with Crippen LogP contribution >= 0.6 is 11.6 Å². The van der Waals surface area contributed by atoms with E-state index in [-0.39, 0.29) is 29.3 Å². The first kappa shape index (κ1) is 22.6. The minimum atomic E-state index is -0.500. The molecule has 8 heteroatoms. The van der Waals surface area contributed by atoms with E-state index in [0.717, 1.165) is 40.9 Å². The van der Waals surface area contributed by atoms with Gasteiger partial charge in [0, 0.05) is 55.1 Å². The molecule has 0 amide bonds. The highest BCUT2D eigenvalue weighted by molar-refractivity contribution is 6.30. The second kappa shape index (κ2) is 8.89. The Morgan fingerprint density at radius 3 is 2.68 bits per heavy atom. The normalized spacial score (nSPS) is 18.6. The molecule has 0 radical (unpaired) electrons. The molecule has 1 fully saturated rings. The molecule has 1 aliphatic rings. The molecule has 0 saturated carbocycles. The number of ether oxygens (including phenoxy) is 1. The van der Waals surface area contributed by atoms with E-state index in [4.69, 9.17) is 21.3 Å². The number of aryl methyl sites for hydroxylation is 1. The van der Waals surface area contributed by atoms with Gasteiger partial charge in [-0.05, 0) is 37.6 Å². The van der Waals surface area contributed by atoms with Gasteiger partial charge < -0.3 is 18.8 Å². The fourth-order valence-electron chi connectivity index (χ4n) is 4.70. The van der Waals surface area contributed by atoms with Crippen LogP contribution in [0.25, 0.3) is 22.2 Å². The average Bonchev–Trinajstić information content (AvgIpc) is 3.13. The van der Waals surface area contributed by atoms with E-state index in [1.807, 2.05) is 30.1 Å². The number of hydrogen-bond donors (Lipinski definition) is 0. The Kier molecular flexibility index (Phi) is 5.91. The summed E-state index contributed by atoms with van der Waals surface area (Å²) < 4.78 is 23.6. The number of rotatable bonds is 4. The van der Waals surface area contributed by atoms with Crippen LogP contribution in [0.5, 0.6) is 0 Å². The molecule has 0 N–H and O–H groups in total. The van der Waals surface area contributed by atoms with Crippen molar-refractivity contribution in [3.05, 3.63) is 81.7 Å². The SMILES string of the molecule is C[C@@H]1CN(c2cnc3c(c2)c(-c2ccn(Cc4cccc(Cl)c4F)c(=O)c2)cn3C)C[C@@H](C)O1.